The first-order chi connectivity index (χ1) is 10.7. The van der Waals surface area contributed by atoms with E-state index < -0.39 is 22.2 Å². The summed E-state index contributed by atoms with van der Waals surface area (Å²) < 4.78 is 64.1. The summed E-state index contributed by atoms with van der Waals surface area (Å²) in [6.07, 6.45) is -4.49. The van der Waals surface area contributed by atoms with Gasteiger partial charge in [-0.3, -0.25) is 0 Å². The van der Waals surface area contributed by atoms with E-state index in [-0.39, 0.29) is 29.2 Å². The Morgan fingerprint density at radius 2 is 2.09 bits per heavy atom. The van der Waals surface area contributed by atoms with Crippen LogP contribution in [0.15, 0.2) is 28.6 Å². The number of rotatable bonds is 3. The second-order valence-corrected chi connectivity index (χ2v) is 5.18. The largest absolute Gasteiger partial charge is 0.416 e. The molecule has 0 saturated heterocycles. The quantitative estimate of drug-likeness (QED) is 0.858. The molecular formula is C13H9F3N4O2S. The Morgan fingerprint density at radius 3 is 2.65 bits per heavy atom. The third kappa shape index (κ3) is 3.75. The van der Waals surface area contributed by atoms with Crippen molar-refractivity contribution in [2.24, 2.45) is 4.36 Å². The van der Waals surface area contributed by atoms with Gasteiger partial charge in [-0.15, -0.1) is 4.36 Å². The van der Waals surface area contributed by atoms with E-state index in [4.69, 9.17) is 5.26 Å². The fraction of sp³-hybridized carbons (Fsp3) is 0.231. The molecule has 0 aliphatic carbocycles. The number of benzene rings is 1. The summed E-state index contributed by atoms with van der Waals surface area (Å²) in [5.74, 6) is -0.212. The molecule has 6 nitrogen and oxygen atoms in total. The van der Waals surface area contributed by atoms with E-state index in [0.717, 1.165) is 16.8 Å². The average Bonchev–Trinajstić information content (AvgIpc) is 2.73. The molecule has 1 heterocycles. The Morgan fingerprint density at radius 1 is 1.39 bits per heavy atom. The molecular weight excluding hydrogens is 333 g/mol. The molecule has 0 amide bonds. The van der Waals surface area contributed by atoms with Crippen LogP contribution in [0.25, 0.3) is 0 Å². The van der Waals surface area contributed by atoms with Gasteiger partial charge in [-0.05, 0) is 24.6 Å². The van der Waals surface area contributed by atoms with Crippen LogP contribution in [0.1, 0.15) is 22.4 Å². The summed E-state index contributed by atoms with van der Waals surface area (Å²) in [5, 5.41) is 13.0. The van der Waals surface area contributed by atoms with Crippen LogP contribution < -0.4 is 0 Å². The van der Waals surface area contributed by atoms with Gasteiger partial charge in [-0.1, -0.05) is 12.1 Å². The molecule has 0 spiro atoms. The Hall–Kier alpha value is -2.67. The molecule has 0 unspecified atom stereocenters. The molecule has 0 bridgehead atoms. The minimum Gasteiger partial charge on any atom is -0.241 e. The molecule has 2 rings (SSSR count). The summed E-state index contributed by atoms with van der Waals surface area (Å²) in [7, 11) is -2.82. The summed E-state index contributed by atoms with van der Waals surface area (Å²) in [6.45, 7) is 1.33. The maximum absolute atomic E-state index is 12.7. The third-order valence-corrected chi connectivity index (χ3v) is 3.28. The molecule has 0 aliphatic heterocycles. The van der Waals surface area contributed by atoms with E-state index in [0.29, 0.717) is 0 Å². The molecule has 0 atom stereocenters. The topological polar surface area (TPSA) is 88.1 Å². The minimum atomic E-state index is -4.49. The minimum absolute atomic E-state index is 0.0406. The molecule has 2 aromatic rings. The highest BCUT2D eigenvalue weighted by Crippen LogP contribution is 2.30. The number of alkyl halides is 3. The van der Waals surface area contributed by atoms with Gasteiger partial charge in [-0.2, -0.15) is 31.9 Å². The number of halogens is 3. The van der Waals surface area contributed by atoms with E-state index >= 15 is 0 Å². The lowest BCUT2D eigenvalue weighted by Crippen LogP contribution is -2.07. The standard InChI is InChI=1S/C13H9F3N4O2S/c1-8-11(6-17)12(19-23(21)22)20(18-8)7-9-3-2-4-10(5-9)13(14,15)16/h2-5H,7H2,1H3. The molecule has 1 aromatic carbocycles. The van der Waals surface area contributed by atoms with E-state index in [1.165, 1.54) is 19.1 Å². The predicted octanol–water partition coefficient (Wildman–Crippen LogP) is 2.82. The second kappa shape index (κ2) is 6.21. The summed E-state index contributed by atoms with van der Waals surface area (Å²) in [4.78, 5) is 0. The van der Waals surface area contributed by atoms with Crippen molar-refractivity contribution in [1.29, 1.82) is 5.26 Å². The SMILES string of the molecule is Cc1nn(Cc2cccc(C(F)(F)F)c2)c(N=S(=O)=O)c1C#N. The van der Waals surface area contributed by atoms with Crippen LogP contribution in [0, 0.1) is 18.3 Å². The fourth-order valence-electron chi connectivity index (χ4n) is 1.99. The Bertz CT molecular complexity index is 916. The van der Waals surface area contributed by atoms with Gasteiger partial charge < -0.3 is 0 Å². The molecule has 0 saturated carbocycles. The van der Waals surface area contributed by atoms with Crippen LogP contribution in [-0.4, -0.2) is 18.2 Å². The van der Waals surface area contributed by atoms with Crippen LogP contribution >= 0.6 is 0 Å². The van der Waals surface area contributed by atoms with Crippen LogP contribution in [0.3, 0.4) is 0 Å². The fourth-order valence-corrected chi connectivity index (χ4v) is 2.32. The molecule has 23 heavy (non-hydrogen) atoms. The van der Waals surface area contributed by atoms with Gasteiger partial charge in [0.2, 0.25) is 0 Å². The molecule has 0 aliphatic rings. The summed E-state index contributed by atoms with van der Waals surface area (Å²) in [5.41, 5.74) is -0.380. The van der Waals surface area contributed by atoms with Crippen LogP contribution in [0.5, 0.6) is 0 Å². The third-order valence-electron chi connectivity index (χ3n) is 2.96. The van der Waals surface area contributed by atoms with Crippen molar-refractivity contribution in [3.8, 4) is 6.07 Å². The van der Waals surface area contributed by atoms with Gasteiger partial charge in [-0.25, -0.2) is 4.68 Å². The average molecular weight is 342 g/mol. The molecule has 10 heteroatoms. The zero-order valence-electron chi connectivity index (χ0n) is 11.7. The van der Waals surface area contributed by atoms with Crippen molar-refractivity contribution >= 4 is 16.3 Å². The molecule has 0 fully saturated rings. The predicted molar refractivity (Wildman–Crippen MR) is 73.2 cm³/mol. The van der Waals surface area contributed by atoms with Gasteiger partial charge in [0.05, 0.1) is 17.8 Å². The van der Waals surface area contributed by atoms with Gasteiger partial charge in [0.25, 0.3) is 0 Å². The maximum atomic E-state index is 12.7. The zero-order valence-corrected chi connectivity index (χ0v) is 12.5. The smallest absolute Gasteiger partial charge is 0.241 e. The van der Waals surface area contributed by atoms with E-state index in [1.54, 1.807) is 6.07 Å². The van der Waals surface area contributed by atoms with Gasteiger partial charge in [0.15, 0.2) is 5.82 Å². The highest BCUT2D eigenvalue weighted by Gasteiger charge is 2.30. The number of hydrogen-bond acceptors (Lipinski definition) is 5. The normalized spacial score (nSPS) is 11.1. The van der Waals surface area contributed by atoms with Gasteiger partial charge in [0, 0.05) is 0 Å². The molecule has 0 radical (unpaired) electrons. The van der Waals surface area contributed by atoms with Crippen molar-refractivity contribution in [2.75, 3.05) is 0 Å². The Labute approximate surface area is 130 Å². The van der Waals surface area contributed by atoms with Gasteiger partial charge in [0.1, 0.15) is 11.6 Å². The zero-order chi connectivity index (χ0) is 17.2. The number of aryl methyl sites for hydroxylation is 1. The van der Waals surface area contributed by atoms with E-state index in [1.807, 2.05) is 0 Å². The number of nitrogens with zero attached hydrogens (tertiary/aromatic N) is 4. The lowest BCUT2D eigenvalue weighted by molar-refractivity contribution is -0.137. The van der Waals surface area contributed by atoms with Crippen molar-refractivity contribution in [3.63, 3.8) is 0 Å². The first kappa shape index (κ1) is 16.7. The van der Waals surface area contributed by atoms with Crippen molar-refractivity contribution in [3.05, 3.63) is 46.6 Å². The monoisotopic (exact) mass is 342 g/mol. The number of nitriles is 1. The Balaban J connectivity index is 2.50. The number of aromatic nitrogens is 2. The summed E-state index contributed by atoms with van der Waals surface area (Å²) in [6, 6.07) is 6.32. The molecule has 1 aromatic heterocycles. The number of hydrogen-bond donors (Lipinski definition) is 0. The van der Waals surface area contributed by atoms with Gasteiger partial charge >= 0.3 is 16.7 Å². The summed E-state index contributed by atoms with van der Waals surface area (Å²) >= 11 is 0. The van der Waals surface area contributed by atoms with E-state index in [2.05, 4.69) is 9.46 Å². The first-order valence-corrected chi connectivity index (χ1v) is 7.20. The highest BCUT2D eigenvalue weighted by molar-refractivity contribution is 7.61. The molecule has 120 valence electrons. The van der Waals surface area contributed by atoms with Crippen LogP contribution in [0.2, 0.25) is 0 Å². The lowest BCUT2D eigenvalue weighted by Gasteiger charge is -2.09. The van der Waals surface area contributed by atoms with Crippen molar-refractivity contribution < 1.29 is 21.6 Å². The van der Waals surface area contributed by atoms with Crippen LogP contribution in [0.4, 0.5) is 19.0 Å². The highest BCUT2D eigenvalue weighted by atomic mass is 32.2. The van der Waals surface area contributed by atoms with Crippen LogP contribution in [-0.2, 0) is 23.2 Å². The van der Waals surface area contributed by atoms with E-state index in [9.17, 15) is 21.6 Å². The second-order valence-electron chi connectivity index (χ2n) is 4.56. The molecule has 0 N–H and O–H groups in total. The van der Waals surface area contributed by atoms with Crippen molar-refractivity contribution in [2.45, 2.75) is 19.6 Å². The van der Waals surface area contributed by atoms with Crippen molar-refractivity contribution in [1.82, 2.24) is 9.78 Å². The Kier molecular flexibility index (Phi) is 4.51. The lowest BCUT2D eigenvalue weighted by atomic mass is 10.1. The first-order valence-electron chi connectivity index (χ1n) is 6.17. The maximum Gasteiger partial charge on any atom is 0.416 e.